The zero-order valence-electron chi connectivity index (χ0n) is 13.8. The summed E-state index contributed by atoms with van der Waals surface area (Å²) in [5, 5.41) is 9.16. The molecule has 1 unspecified atom stereocenters. The number of nitrogens with zero attached hydrogens (tertiary/aromatic N) is 2. The predicted octanol–water partition coefficient (Wildman–Crippen LogP) is 3.22. The fourth-order valence-electron chi connectivity index (χ4n) is 3.04. The van der Waals surface area contributed by atoms with Crippen LogP contribution in [-0.4, -0.2) is 42.7 Å². The van der Waals surface area contributed by atoms with Crippen molar-refractivity contribution >= 4 is 11.7 Å². The third kappa shape index (κ3) is 4.73. The average molecular weight is 304 g/mol. The zero-order chi connectivity index (χ0) is 15.9. The van der Waals surface area contributed by atoms with Crippen LogP contribution < -0.4 is 4.90 Å². The largest absolute Gasteiger partial charge is 0.481 e. The Bertz CT molecular complexity index is 472. The molecule has 4 nitrogen and oxygen atoms in total. The maximum atomic E-state index is 11.1. The Hall–Kier alpha value is -1.55. The van der Waals surface area contributed by atoms with Crippen molar-refractivity contribution in [3.63, 3.8) is 0 Å². The first-order chi connectivity index (χ1) is 10.6. The molecule has 122 valence electrons. The van der Waals surface area contributed by atoms with E-state index < -0.39 is 5.97 Å². The Balaban J connectivity index is 1.89. The molecule has 4 heteroatoms. The Kier molecular flexibility index (Phi) is 6.25. The first kappa shape index (κ1) is 16.8. The van der Waals surface area contributed by atoms with Crippen LogP contribution in [0.15, 0.2) is 24.3 Å². The molecule has 0 aromatic heterocycles. The van der Waals surface area contributed by atoms with Crippen molar-refractivity contribution < 1.29 is 9.90 Å². The van der Waals surface area contributed by atoms with Crippen LogP contribution in [0.3, 0.4) is 0 Å². The molecule has 1 heterocycles. The number of hydrogen-bond acceptors (Lipinski definition) is 3. The van der Waals surface area contributed by atoms with E-state index in [4.69, 9.17) is 5.11 Å². The molecule has 2 rings (SSSR count). The summed E-state index contributed by atoms with van der Waals surface area (Å²) in [5.41, 5.74) is 2.51. The second kappa shape index (κ2) is 8.18. The maximum Gasteiger partial charge on any atom is 0.307 e. The van der Waals surface area contributed by atoms with Crippen LogP contribution in [0.4, 0.5) is 5.69 Å². The molecule has 0 aliphatic carbocycles. The molecule has 0 spiro atoms. The van der Waals surface area contributed by atoms with Gasteiger partial charge in [0.1, 0.15) is 0 Å². The minimum absolute atomic E-state index is 0.201. The minimum Gasteiger partial charge on any atom is -0.481 e. The summed E-state index contributed by atoms with van der Waals surface area (Å²) in [5.74, 6) is -0.856. The summed E-state index contributed by atoms with van der Waals surface area (Å²) in [4.78, 5) is 15.7. The van der Waals surface area contributed by atoms with Crippen molar-refractivity contribution in [3.8, 4) is 0 Å². The summed E-state index contributed by atoms with van der Waals surface area (Å²) >= 11 is 0. The van der Waals surface area contributed by atoms with Gasteiger partial charge in [-0.3, -0.25) is 9.69 Å². The Morgan fingerprint density at radius 2 is 2.09 bits per heavy atom. The number of hydrogen-bond donors (Lipinski definition) is 1. The highest BCUT2D eigenvalue weighted by Gasteiger charge is 2.25. The highest BCUT2D eigenvalue weighted by Crippen LogP contribution is 2.20. The molecule has 1 aromatic rings. The van der Waals surface area contributed by atoms with Crippen molar-refractivity contribution in [2.24, 2.45) is 5.92 Å². The van der Waals surface area contributed by atoms with Crippen molar-refractivity contribution in [2.75, 3.05) is 31.6 Å². The molecule has 1 aliphatic heterocycles. The maximum absolute atomic E-state index is 11.1. The van der Waals surface area contributed by atoms with Gasteiger partial charge < -0.3 is 10.0 Å². The van der Waals surface area contributed by atoms with Gasteiger partial charge in [0.2, 0.25) is 0 Å². The van der Waals surface area contributed by atoms with Crippen LogP contribution in [0.5, 0.6) is 0 Å². The van der Waals surface area contributed by atoms with E-state index in [1.165, 1.54) is 24.1 Å². The molecule has 0 saturated carbocycles. The molecule has 1 saturated heterocycles. The SMILES string of the molecule is CCCCN(C)c1ccc(CN2CCCC(C(=O)O)C2)cc1. The van der Waals surface area contributed by atoms with Crippen LogP contribution in [0.2, 0.25) is 0 Å². The number of piperidine rings is 1. The third-order valence-corrected chi connectivity index (χ3v) is 4.49. The number of benzene rings is 1. The number of aliphatic carboxylic acids is 1. The lowest BCUT2D eigenvalue weighted by Crippen LogP contribution is -2.38. The first-order valence-corrected chi connectivity index (χ1v) is 8.35. The number of carboxylic acids is 1. The molecule has 1 fully saturated rings. The van der Waals surface area contributed by atoms with E-state index in [-0.39, 0.29) is 5.92 Å². The van der Waals surface area contributed by atoms with Gasteiger partial charge in [0.25, 0.3) is 0 Å². The van der Waals surface area contributed by atoms with E-state index >= 15 is 0 Å². The van der Waals surface area contributed by atoms with Crippen molar-refractivity contribution in [1.29, 1.82) is 0 Å². The van der Waals surface area contributed by atoms with Crippen LogP contribution in [0.25, 0.3) is 0 Å². The molecule has 1 N–H and O–H groups in total. The lowest BCUT2D eigenvalue weighted by molar-refractivity contribution is -0.143. The van der Waals surface area contributed by atoms with Crippen LogP contribution in [-0.2, 0) is 11.3 Å². The Morgan fingerprint density at radius 1 is 1.36 bits per heavy atom. The van der Waals surface area contributed by atoms with Gasteiger partial charge in [0.05, 0.1) is 5.92 Å². The molecular formula is C18H28N2O2. The highest BCUT2D eigenvalue weighted by molar-refractivity contribution is 5.70. The number of carbonyl (C=O) groups is 1. The lowest BCUT2D eigenvalue weighted by Gasteiger charge is -2.30. The van der Waals surface area contributed by atoms with E-state index in [1.54, 1.807) is 0 Å². The molecule has 0 bridgehead atoms. The van der Waals surface area contributed by atoms with E-state index in [1.807, 2.05) is 0 Å². The first-order valence-electron chi connectivity index (χ1n) is 8.35. The third-order valence-electron chi connectivity index (χ3n) is 4.49. The van der Waals surface area contributed by atoms with E-state index in [2.05, 4.69) is 48.0 Å². The van der Waals surface area contributed by atoms with Gasteiger partial charge in [-0.2, -0.15) is 0 Å². The Labute approximate surface area is 133 Å². The summed E-state index contributed by atoms with van der Waals surface area (Å²) < 4.78 is 0. The molecule has 0 radical (unpaired) electrons. The number of rotatable bonds is 7. The van der Waals surface area contributed by atoms with Crippen molar-refractivity contribution in [3.05, 3.63) is 29.8 Å². The molecule has 1 aromatic carbocycles. The summed E-state index contributed by atoms with van der Waals surface area (Å²) in [6.07, 6.45) is 4.21. The molecule has 0 amide bonds. The van der Waals surface area contributed by atoms with E-state index in [9.17, 15) is 4.79 Å². The standard InChI is InChI=1S/C18H28N2O2/c1-3-4-11-19(2)17-9-7-15(8-10-17)13-20-12-5-6-16(14-20)18(21)22/h7-10,16H,3-6,11-14H2,1-2H3,(H,21,22). The van der Waals surface area contributed by atoms with E-state index in [0.717, 1.165) is 32.5 Å². The van der Waals surface area contributed by atoms with Gasteiger partial charge in [-0.25, -0.2) is 0 Å². The summed E-state index contributed by atoms with van der Waals surface area (Å²) in [6, 6.07) is 8.68. The monoisotopic (exact) mass is 304 g/mol. The highest BCUT2D eigenvalue weighted by atomic mass is 16.4. The lowest BCUT2D eigenvalue weighted by atomic mass is 9.98. The summed E-state index contributed by atoms with van der Waals surface area (Å²) in [6.45, 7) is 5.82. The minimum atomic E-state index is -0.655. The smallest absolute Gasteiger partial charge is 0.307 e. The van der Waals surface area contributed by atoms with Gasteiger partial charge in [-0.15, -0.1) is 0 Å². The van der Waals surface area contributed by atoms with Crippen LogP contribution >= 0.6 is 0 Å². The van der Waals surface area contributed by atoms with Crippen molar-refractivity contribution in [2.45, 2.75) is 39.2 Å². The van der Waals surface area contributed by atoms with Gasteiger partial charge >= 0.3 is 5.97 Å². The number of carboxylic acid groups (broad SMARTS) is 1. The van der Waals surface area contributed by atoms with Gasteiger partial charge in [0.15, 0.2) is 0 Å². The topological polar surface area (TPSA) is 43.8 Å². The second-order valence-corrected chi connectivity index (χ2v) is 6.35. The number of likely N-dealkylation sites (tertiary alicyclic amines) is 1. The summed E-state index contributed by atoms with van der Waals surface area (Å²) in [7, 11) is 2.13. The van der Waals surface area contributed by atoms with Crippen LogP contribution in [0, 0.1) is 5.92 Å². The molecule has 22 heavy (non-hydrogen) atoms. The second-order valence-electron chi connectivity index (χ2n) is 6.35. The Morgan fingerprint density at radius 3 is 2.73 bits per heavy atom. The molecular weight excluding hydrogens is 276 g/mol. The van der Waals surface area contributed by atoms with Crippen molar-refractivity contribution in [1.82, 2.24) is 4.90 Å². The normalized spacial score (nSPS) is 19.1. The fraction of sp³-hybridized carbons (Fsp3) is 0.611. The quantitative estimate of drug-likeness (QED) is 0.840. The number of anilines is 1. The van der Waals surface area contributed by atoms with E-state index in [0.29, 0.717) is 6.54 Å². The van der Waals surface area contributed by atoms with Crippen LogP contribution in [0.1, 0.15) is 38.2 Å². The zero-order valence-corrected chi connectivity index (χ0v) is 13.8. The van der Waals surface area contributed by atoms with Gasteiger partial charge in [-0.05, 0) is 43.5 Å². The average Bonchev–Trinajstić information content (AvgIpc) is 2.53. The molecule has 1 aliphatic rings. The predicted molar refractivity (Wildman–Crippen MR) is 90.3 cm³/mol. The van der Waals surface area contributed by atoms with Gasteiger partial charge in [0, 0.05) is 32.4 Å². The number of unbranched alkanes of at least 4 members (excludes halogenated alkanes) is 1. The fourth-order valence-corrected chi connectivity index (χ4v) is 3.04. The van der Waals surface area contributed by atoms with Gasteiger partial charge in [-0.1, -0.05) is 25.5 Å². The molecule has 1 atom stereocenters.